The molecule has 2 unspecified atom stereocenters. The van der Waals surface area contributed by atoms with Crippen LogP contribution in [0.15, 0.2) is 52.8 Å². The number of nitrogens with two attached hydrogens (primary N) is 1. The number of fused-ring (bicyclic) bond motifs is 1. The van der Waals surface area contributed by atoms with Gasteiger partial charge in [0.2, 0.25) is 5.91 Å². The molecule has 1 saturated heterocycles. The summed E-state index contributed by atoms with van der Waals surface area (Å²) in [6, 6.07) is 7.12. The number of amides is 2. The molecular weight excluding hydrogens is 428 g/mol. The molecule has 3 atom stereocenters. The van der Waals surface area contributed by atoms with E-state index in [4.69, 9.17) is 5.73 Å². The lowest BCUT2D eigenvalue weighted by atomic mass is 10.0. The van der Waals surface area contributed by atoms with Gasteiger partial charge in [0, 0.05) is 11.5 Å². The molecule has 12 heteroatoms. The highest BCUT2D eigenvalue weighted by molar-refractivity contribution is 8.01. The number of carboxylic acid groups (broad SMARTS) is 1. The largest absolute Gasteiger partial charge is 0.477 e. The minimum absolute atomic E-state index is 0.0300. The van der Waals surface area contributed by atoms with Crippen molar-refractivity contribution in [2.24, 2.45) is 5.73 Å². The van der Waals surface area contributed by atoms with Crippen LogP contribution in [-0.4, -0.2) is 66.1 Å². The van der Waals surface area contributed by atoms with E-state index in [-0.39, 0.29) is 5.70 Å². The zero-order valence-corrected chi connectivity index (χ0v) is 17.2. The number of nitrogens with one attached hydrogen (secondary N) is 2. The lowest BCUT2D eigenvalue weighted by molar-refractivity contribution is -0.150. The monoisotopic (exact) mass is 446 g/mol. The summed E-state index contributed by atoms with van der Waals surface area (Å²) in [6.07, 6.45) is 1.54. The van der Waals surface area contributed by atoms with Crippen molar-refractivity contribution in [3.05, 3.63) is 53.4 Å². The molecule has 0 spiro atoms. The number of carbonyl (C=O) groups is 3. The quantitative estimate of drug-likeness (QED) is 0.348. The fourth-order valence-corrected chi connectivity index (χ4v) is 5.54. The maximum atomic E-state index is 12.7. The van der Waals surface area contributed by atoms with Gasteiger partial charge in [-0.15, -0.1) is 16.9 Å². The number of hydrogen-bond acceptors (Lipinski definition) is 8. The van der Waals surface area contributed by atoms with Crippen molar-refractivity contribution in [3.8, 4) is 0 Å². The lowest BCUT2D eigenvalue weighted by Gasteiger charge is -2.49. The number of aromatic amines is 1. The molecule has 1 aromatic carbocycles. The predicted molar refractivity (Wildman–Crippen MR) is 110 cm³/mol. The molecule has 0 bridgehead atoms. The Kier molecular flexibility index (Phi) is 5.79. The second-order valence-electron chi connectivity index (χ2n) is 6.64. The van der Waals surface area contributed by atoms with E-state index in [1.54, 1.807) is 30.5 Å². The van der Waals surface area contributed by atoms with Crippen LogP contribution in [0.1, 0.15) is 11.6 Å². The molecular formula is C18H18N6O4S2. The van der Waals surface area contributed by atoms with Gasteiger partial charge in [0.05, 0.1) is 6.20 Å². The van der Waals surface area contributed by atoms with Gasteiger partial charge in [-0.1, -0.05) is 42.1 Å². The second kappa shape index (κ2) is 8.50. The van der Waals surface area contributed by atoms with E-state index in [1.807, 2.05) is 6.07 Å². The van der Waals surface area contributed by atoms with Crippen molar-refractivity contribution in [1.29, 1.82) is 0 Å². The first-order valence-electron chi connectivity index (χ1n) is 8.97. The minimum atomic E-state index is -1.17. The van der Waals surface area contributed by atoms with Gasteiger partial charge in [-0.2, -0.15) is 10.3 Å². The molecule has 2 amide bonds. The number of carbonyl (C=O) groups excluding carboxylic acids is 2. The Hall–Kier alpha value is -2.83. The van der Waals surface area contributed by atoms with Crippen LogP contribution in [0.4, 0.5) is 0 Å². The number of thioether (sulfide) groups is 2. The van der Waals surface area contributed by atoms with Crippen LogP contribution >= 0.6 is 23.5 Å². The van der Waals surface area contributed by atoms with Crippen LogP contribution in [-0.2, 0) is 14.4 Å². The third-order valence-electron chi connectivity index (χ3n) is 4.78. The molecule has 0 radical (unpaired) electrons. The highest BCUT2D eigenvalue weighted by atomic mass is 32.2. The summed E-state index contributed by atoms with van der Waals surface area (Å²) in [5.41, 5.74) is 7.22. The van der Waals surface area contributed by atoms with E-state index in [2.05, 4.69) is 20.7 Å². The molecule has 156 valence electrons. The number of aromatic nitrogens is 3. The summed E-state index contributed by atoms with van der Waals surface area (Å²) in [5.74, 6) is -1.31. The first-order chi connectivity index (χ1) is 14.5. The number of carboxylic acids is 1. The second-order valence-corrected chi connectivity index (χ2v) is 8.74. The van der Waals surface area contributed by atoms with Gasteiger partial charge in [-0.3, -0.25) is 14.5 Å². The summed E-state index contributed by atoms with van der Waals surface area (Å²) in [7, 11) is 0. The van der Waals surface area contributed by atoms with Crippen molar-refractivity contribution >= 4 is 41.3 Å². The number of benzene rings is 1. The number of aliphatic carboxylic acids is 1. The number of hydrogen-bond donors (Lipinski definition) is 4. The Labute approximate surface area is 179 Å². The Morgan fingerprint density at radius 2 is 2.17 bits per heavy atom. The SMILES string of the molecule is NC(C(=O)NC1C(=O)N2C(C(=O)O)=C(CSc3cn[nH]n3)CS[C@H]12)c1ccccc1. The van der Waals surface area contributed by atoms with Gasteiger partial charge < -0.3 is 16.2 Å². The van der Waals surface area contributed by atoms with E-state index < -0.39 is 35.2 Å². The van der Waals surface area contributed by atoms with Crippen LogP contribution < -0.4 is 11.1 Å². The topological polar surface area (TPSA) is 154 Å². The molecule has 3 heterocycles. The molecule has 1 fully saturated rings. The van der Waals surface area contributed by atoms with E-state index in [1.165, 1.54) is 28.4 Å². The molecule has 0 aliphatic carbocycles. The number of rotatable bonds is 7. The number of H-pyrrole nitrogens is 1. The maximum Gasteiger partial charge on any atom is 0.352 e. The summed E-state index contributed by atoms with van der Waals surface area (Å²) in [5, 5.41) is 22.7. The van der Waals surface area contributed by atoms with Gasteiger partial charge in [0.1, 0.15) is 28.2 Å². The van der Waals surface area contributed by atoms with Crippen molar-refractivity contribution in [3.63, 3.8) is 0 Å². The zero-order chi connectivity index (χ0) is 21.3. The zero-order valence-electron chi connectivity index (χ0n) is 15.5. The standard InChI is InChI=1S/C18H18N6O4S2/c19-12(9-4-2-1-3-5-9)15(25)21-13-16(26)24-14(18(27)28)10(8-30-17(13)24)7-29-11-6-20-23-22-11/h1-6,12-13,17H,7-8,19H2,(H,21,25)(H,27,28)(H,20,22,23)/t12?,13?,17-/m1/s1. The maximum absolute atomic E-state index is 12.7. The molecule has 1 aromatic heterocycles. The fraction of sp³-hybridized carbons (Fsp3) is 0.278. The van der Waals surface area contributed by atoms with E-state index in [9.17, 15) is 19.5 Å². The highest BCUT2D eigenvalue weighted by Gasteiger charge is 2.54. The third-order valence-corrected chi connectivity index (χ3v) is 7.10. The summed E-state index contributed by atoms with van der Waals surface area (Å²) in [4.78, 5) is 38.3. The molecule has 2 aliphatic rings. The molecule has 10 nitrogen and oxygen atoms in total. The van der Waals surface area contributed by atoms with Gasteiger partial charge in [-0.25, -0.2) is 4.79 Å². The fourth-order valence-electron chi connectivity index (χ4n) is 3.27. The minimum Gasteiger partial charge on any atom is -0.477 e. The normalized spacial score (nSPS) is 21.6. The Bertz CT molecular complexity index is 997. The van der Waals surface area contributed by atoms with Crippen molar-refractivity contribution in [2.45, 2.75) is 22.5 Å². The van der Waals surface area contributed by atoms with Crippen LogP contribution in [0.25, 0.3) is 0 Å². The summed E-state index contributed by atoms with van der Waals surface area (Å²) in [6.45, 7) is 0. The molecule has 5 N–H and O–H groups in total. The summed E-state index contributed by atoms with van der Waals surface area (Å²) < 4.78 is 0. The molecule has 4 rings (SSSR count). The Morgan fingerprint density at radius 1 is 1.40 bits per heavy atom. The van der Waals surface area contributed by atoms with Crippen LogP contribution in [0.3, 0.4) is 0 Å². The third kappa shape index (κ3) is 3.80. The Morgan fingerprint density at radius 3 is 2.83 bits per heavy atom. The predicted octanol–water partition coefficient (Wildman–Crippen LogP) is 0.335. The first-order valence-corrected chi connectivity index (χ1v) is 11.0. The molecule has 0 saturated carbocycles. The van der Waals surface area contributed by atoms with Crippen molar-refractivity contribution in [1.82, 2.24) is 25.6 Å². The van der Waals surface area contributed by atoms with Gasteiger partial charge in [0.25, 0.3) is 5.91 Å². The number of nitrogens with zero attached hydrogens (tertiary/aromatic N) is 3. The average molecular weight is 447 g/mol. The molecule has 30 heavy (non-hydrogen) atoms. The summed E-state index contributed by atoms with van der Waals surface area (Å²) >= 11 is 2.74. The van der Waals surface area contributed by atoms with Crippen LogP contribution in [0, 0.1) is 0 Å². The average Bonchev–Trinajstić information content (AvgIpc) is 3.28. The highest BCUT2D eigenvalue weighted by Crippen LogP contribution is 2.41. The van der Waals surface area contributed by atoms with Gasteiger partial charge >= 0.3 is 5.97 Å². The van der Waals surface area contributed by atoms with Crippen molar-refractivity contribution < 1.29 is 19.5 Å². The first kappa shape index (κ1) is 20.4. The van der Waals surface area contributed by atoms with E-state index in [0.29, 0.717) is 27.7 Å². The molecule has 2 aliphatic heterocycles. The lowest BCUT2D eigenvalue weighted by Crippen LogP contribution is -2.71. The Balaban J connectivity index is 1.46. The molecule has 2 aromatic rings. The number of β-lactam (4-membered cyclic amide) rings is 1. The van der Waals surface area contributed by atoms with E-state index >= 15 is 0 Å². The van der Waals surface area contributed by atoms with Gasteiger partial charge in [0.15, 0.2) is 0 Å². The smallest absolute Gasteiger partial charge is 0.352 e. The van der Waals surface area contributed by atoms with E-state index in [0.717, 1.165) is 0 Å². The van der Waals surface area contributed by atoms with Crippen LogP contribution in [0.5, 0.6) is 0 Å². The van der Waals surface area contributed by atoms with Crippen molar-refractivity contribution in [2.75, 3.05) is 11.5 Å². The van der Waals surface area contributed by atoms with Gasteiger partial charge in [-0.05, 0) is 11.1 Å². The van der Waals surface area contributed by atoms with Crippen LogP contribution in [0.2, 0.25) is 0 Å².